The quantitative estimate of drug-likeness (QED) is 0.635. The summed E-state index contributed by atoms with van der Waals surface area (Å²) in [5.74, 6) is 0.128. The van der Waals surface area contributed by atoms with Crippen molar-refractivity contribution in [3.05, 3.63) is 16.1 Å². The molecule has 2 rings (SSSR count). The van der Waals surface area contributed by atoms with Crippen LogP contribution in [0.5, 0.6) is 0 Å². The van der Waals surface area contributed by atoms with Crippen molar-refractivity contribution in [1.29, 1.82) is 5.41 Å². The number of rotatable bonds is 4. The molecule has 4 nitrogen and oxygen atoms in total. The molecule has 0 amide bonds. The summed E-state index contributed by atoms with van der Waals surface area (Å²) in [4.78, 5) is 7.63. The Morgan fingerprint density at radius 2 is 2.06 bits per heavy atom. The molecule has 1 aromatic rings. The average molecular weight is 252 g/mol. The number of nitrogens with one attached hydrogen (secondary N) is 1. The molecule has 1 aliphatic rings. The highest BCUT2D eigenvalue weighted by molar-refractivity contribution is 7.13. The Balaban J connectivity index is 1.81. The largest absolute Gasteiger partial charge is 0.383 e. The van der Waals surface area contributed by atoms with Crippen molar-refractivity contribution in [3.63, 3.8) is 0 Å². The van der Waals surface area contributed by atoms with Crippen LogP contribution in [0.2, 0.25) is 0 Å². The van der Waals surface area contributed by atoms with Crippen LogP contribution >= 0.6 is 11.3 Å². The lowest BCUT2D eigenvalue weighted by Gasteiger charge is -2.18. The van der Waals surface area contributed by atoms with Crippen molar-refractivity contribution >= 4 is 17.2 Å². The Morgan fingerprint density at radius 3 is 2.65 bits per heavy atom. The van der Waals surface area contributed by atoms with Crippen molar-refractivity contribution in [2.24, 2.45) is 5.73 Å². The molecule has 0 atom stereocenters. The van der Waals surface area contributed by atoms with E-state index in [4.69, 9.17) is 11.1 Å². The summed E-state index contributed by atoms with van der Waals surface area (Å²) >= 11 is 1.55. The Bertz CT molecular complexity index is 366. The molecule has 17 heavy (non-hydrogen) atoms. The monoisotopic (exact) mass is 252 g/mol. The summed E-state index contributed by atoms with van der Waals surface area (Å²) in [6, 6.07) is 0. The number of nitrogens with zero attached hydrogens (tertiary/aromatic N) is 2. The normalized spacial score (nSPS) is 17.9. The van der Waals surface area contributed by atoms with E-state index in [0.717, 1.165) is 22.9 Å². The van der Waals surface area contributed by atoms with Crippen LogP contribution in [0.25, 0.3) is 0 Å². The van der Waals surface area contributed by atoms with E-state index in [2.05, 4.69) is 9.88 Å². The van der Waals surface area contributed by atoms with E-state index in [9.17, 15) is 0 Å². The van der Waals surface area contributed by atoms with E-state index < -0.39 is 0 Å². The van der Waals surface area contributed by atoms with Crippen LogP contribution in [0.3, 0.4) is 0 Å². The number of nitrogens with two attached hydrogens (primary N) is 1. The van der Waals surface area contributed by atoms with Crippen LogP contribution in [0, 0.1) is 5.41 Å². The van der Waals surface area contributed by atoms with Crippen molar-refractivity contribution in [2.75, 3.05) is 19.6 Å². The van der Waals surface area contributed by atoms with Crippen molar-refractivity contribution in [3.8, 4) is 0 Å². The fourth-order valence-corrected chi connectivity index (χ4v) is 2.93. The predicted molar refractivity (Wildman–Crippen MR) is 71.7 cm³/mol. The van der Waals surface area contributed by atoms with Gasteiger partial charge in [0.1, 0.15) is 5.84 Å². The zero-order valence-corrected chi connectivity index (χ0v) is 10.9. The van der Waals surface area contributed by atoms with Crippen LogP contribution in [0.15, 0.2) is 6.20 Å². The number of hydrogen-bond donors (Lipinski definition) is 2. The lowest BCUT2D eigenvalue weighted by molar-refractivity contribution is 0.288. The van der Waals surface area contributed by atoms with Gasteiger partial charge >= 0.3 is 0 Å². The average Bonchev–Trinajstić information content (AvgIpc) is 2.63. The third-order valence-corrected chi connectivity index (χ3v) is 4.25. The minimum atomic E-state index is 0.128. The Morgan fingerprint density at radius 1 is 1.35 bits per heavy atom. The summed E-state index contributed by atoms with van der Waals surface area (Å²) in [5.41, 5.74) is 5.43. The summed E-state index contributed by atoms with van der Waals surface area (Å²) in [5, 5.41) is 8.44. The fraction of sp³-hybridized carbons (Fsp3) is 0.667. The summed E-state index contributed by atoms with van der Waals surface area (Å²) in [7, 11) is 0. The molecule has 3 N–H and O–H groups in total. The molecule has 0 aliphatic carbocycles. The summed E-state index contributed by atoms with van der Waals surface area (Å²) in [6.07, 6.45) is 8.11. The molecule has 0 spiro atoms. The fourth-order valence-electron chi connectivity index (χ4n) is 2.16. The number of nitrogen functional groups attached to an aromatic ring is 1. The summed E-state index contributed by atoms with van der Waals surface area (Å²) in [6.45, 7) is 3.54. The van der Waals surface area contributed by atoms with Crippen molar-refractivity contribution in [1.82, 2.24) is 9.88 Å². The van der Waals surface area contributed by atoms with Gasteiger partial charge in [0, 0.05) is 19.2 Å². The van der Waals surface area contributed by atoms with E-state index in [0.29, 0.717) is 0 Å². The molecular weight excluding hydrogens is 232 g/mol. The SMILES string of the molecule is N=C(N)c1cnc(CCN2CCCCCC2)s1. The molecule has 1 aromatic heterocycles. The van der Waals surface area contributed by atoms with Gasteiger partial charge in [0.05, 0.1) is 9.88 Å². The van der Waals surface area contributed by atoms with Gasteiger partial charge in [0.15, 0.2) is 0 Å². The molecular formula is C12H20N4S. The molecule has 0 saturated carbocycles. The molecule has 0 bridgehead atoms. The first-order valence-corrected chi connectivity index (χ1v) is 7.09. The molecule has 94 valence electrons. The molecule has 5 heteroatoms. The minimum Gasteiger partial charge on any atom is -0.383 e. The molecule has 0 unspecified atom stereocenters. The van der Waals surface area contributed by atoms with E-state index in [-0.39, 0.29) is 5.84 Å². The maximum absolute atomic E-state index is 7.34. The lowest BCUT2D eigenvalue weighted by Crippen LogP contribution is -2.26. The minimum absolute atomic E-state index is 0.128. The van der Waals surface area contributed by atoms with Crippen LogP contribution < -0.4 is 5.73 Å². The zero-order chi connectivity index (χ0) is 12.1. The second kappa shape index (κ2) is 6.12. The predicted octanol–water partition coefficient (Wildman–Crippen LogP) is 1.85. The molecule has 1 aliphatic heterocycles. The number of likely N-dealkylation sites (tertiary alicyclic amines) is 1. The lowest BCUT2D eigenvalue weighted by atomic mass is 10.2. The first kappa shape index (κ1) is 12.5. The third-order valence-electron chi connectivity index (χ3n) is 3.16. The smallest absolute Gasteiger partial charge is 0.134 e. The summed E-state index contributed by atoms with van der Waals surface area (Å²) < 4.78 is 0. The Kier molecular flexibility index (Phi) is 4.50. The second-order valence-electron chi connectivity index (χ2n) is 4.54. The zero-order valence-electron chi connectivity index (χ0n) is 10.1. The number of amidine groups is 1. The molecule has 0 radical (unpaired) electrons. The van der Waals surface area contributed by atoms with Crippen molar-refractivity contribution in [2.45, 2.75) is 32.1 Å². The van der Waals surface area contributed by atoms with E-state index in [1.807, 2.05) is 0 Å². The second-order valence-corrected chi connectivity index (χ2v) is 5.65. The van der Waals surface area contributed by atoms with E-state index in [1.165, 1.54) is 38.8 Å². The van der Waals surface area contributed by atoms with Gasteiger partial charge < -0.3 is 10.6 Å². The highest BCUT2D eigenvalue weighted by Crippen LogP contribution is 2.14. The number of thiazole rings is 1. The number of hydrogen-bond acceptors (Lipinski definition) is 4. The molecule has 1 saturated heterocycles. The van der Waals surface area contributed by atoms with Crippen LogP contribution in [-0.2, 0) is 6.42 Å². The highest BCUT2D eigenvalue weighted by Gasteiger charge is 2.10. The van der Waals surface area contributed by atoms with Gasteiger partial charge in [-0.2, -0.15) is 0 Å². The first-order valence-electron chi connectivity index (χ1n) is 6.27. The van der Waals surface area contributed by atoms with E-state index in [1.54, 1.807) is 17.5 Å². The van der Waals surface area contributed by atoms with Crippen LogP contribution in [0.4, 0.5) is 0 Å². The van der Waals surface area contributed by atoms with E-state index >= 15 is 0 Å². The van der Waals surface area contributed by atoms with Gasteiger partial charge in [-0.25, -0.2) is 4.98 Å². The standard InChI is InChI=1S/C12H20N4S/c13-12(14)10-9-15-11(17-10)5-8-16-6-3-1-2-4-7-16/h9H,1-8H2,(H3,13,14). The topological polar surface area (TPSA) is 66.0 Å². The van der Waals surface area contributed by atoms with Gasteiger partial charge in [-0.3, -0.25) is 5.41 Å². The van der Waals surface area contributed by atoms with Gasteiger partial charge in [0.2, 0.25) is 0 Å². The maximum Gasteiger partial charge on any atom is 0.134 e. The Hall–Kier alpha value is -0.940. The molecule has 0 aromatic carbocycles. The third kappa shape index (κ3) is 3.78. The van der Waals surface area contributed by atoms with Gasteiger partial charge in [0.25, 0.3) is 0 Å². The van der Waals surface area contributed by atoms with Gasteiger partial charge in [-0.05, 0) is 25.9 Å². The van der Waals surface area contributed by atoms with Crippen LogP contribution in [0.1, 0.15) is 35.6 Å². The van der Waals surface area contributed by atoms with Gasteiger partial charge in [-0.15, -0.1) is 11.3 Å². The van der Waals surface area contributed by atoms with Crippen molar-refractivity contribution < 1.29 is 0 Å². The number of aromatic nitrogens is 1. The van der Waals surface area contributed by atoms with Crippen LogP contribution in [-0.4, -0.2) is 35.4 Å². The maximum atomic E-state index is 7.34. The molecule has 1 fully saturated rings. The molecule has 2 heterocycles. The Labute approximate surface area is 106 Å². The highest BCUT2D eigenvalue weighted by atomic mass is 32.1. The van der Waals surface area contributed by atoms with Gasteiger partial charge in [-0.1, -0.05) is 12.8 Å². The first-order chi connectivity index (χ1) is 8.25.